The summed E-state index contributed by atoms with van der Waals surface area (Å²) in [5, 5.41) is 0. The molecule has 0 spiro atoms. The van der Waals surface area contributed by atoms with Crippen LogP contribution in [0.5, 0.6) is 0 Å². The fraction of sp³-hybridized carbons (Fsp3) is 0.385. The second kappa shape index (κ2) is 4.57. The van der Waals surface area contributed by atoms with Crippen LogP contribution in [-0.4, -0.2) is 28.9 Å². The minimum atomic E-state index is 0.218. The SMILES string of the molecule is CC(=O)CCN(C)c1ccc2c(c1)ncn2C. The quantitative estimate of drug-likeness (QED) is 0.807. The number of fused-ring (bicyclic) bond motifs is 1. The molecular weight excluding hydrogens is 214 g/mol. The van der Waals surface area contributed by atoms with Crippen molar-refractivity contribution in [2.75, 3.05) is 18.5 Å². The number of hydrogen-bond acceptors (Lipinski definition) is 3. The van der Waals surface area contributed by atoms with Gasteiger partial charge in [-0.25, -0.2) is 4.98 Å². The first-order valence-electron chi connectivity index (χ1n) is 5.69. The molecule has 2 rings (SSSR count). The normalized spacial score (nSPS) is 10.8. The lowest BCUT2D eigenvalue weighted by Gasteiger charge is -2.18. The summed E-state index contributed by atoms with van der Waals surface area (Å²) in [5.41, 5.74) is 3.20. The van der Waals surface area contributed by atoms with Crippen LogP contribution < -0.4 is 4.90 Å². The summed E-state index contributed by atoms with van der Waals surface area (Å²) in [6.45, 7) is 2.36. The number of nitrogens with zero attached hydrogens (tertiary/aromatic N) is 3. The van der Waals surface area contributed by atoms with E-state index in [9.17, 15) is 4.79 Å². The first-order chi connectivity index (χ1) is 8.08. The van der Waals surface area contributed by atoms with Crippen LogP contribution in [0.25, 0.3) is 11.0 Å². The maximum absolute atomic E-state index is 11.0. The van der Waals surface area contributed by atoms with Gasteiger partial charge in [0.2, 0.25) is 0 Å². The number of imidazole rings is 1. The third kappa shape index (κ3) is 2.46. The number of Topliss-reactive ketones (excluding diaryl/α,β-unsaturated/α-hetero) is 1. The minimum Gasteiger partial charge on any atom is -0.374 e. The zero-order valence-corrected chi connectivity index (χ0v) is 10.5. The Bertz CT molecular complexity index is 545. The van der Waals surface area contributed by atoms with Gasteiger partial charge in [-0.2, -0.15) is 0 Å². The highest BCUT2D eigenvalue weighted by Crippen LogP contribution is 2.20. The molecule has 4 heteroatoms. The molecule has 0 aliphatic heterocycles. The van der Waals surface area contributed by atoms with Crippen LogP contribution in [0, 0.1) is 0 Å². The summed E-state index contributed by atoms with van der Waals surface area (Å²) in [6, 6.07) is 6.17. The van der Waals surface area contributed by atoms with Crippen LogP contribution in [0.15, 0.2) is 24.5 Å². The van der Waals surface area contributed by atoms with Crippen LogP contribution >= 0.6 is 0 Å². The van der Waals surface area contributed by atoms with Crippen molar-refractivity contribution < 1.29 is 4.79 Å². The highest BCUT2D eigenvalue weighted by Gasteiger charge is 2.05. The Morgan fingerprint density at radius 1 is 1.47 bits per heavy atom. The van der Waals surface area contributed by atoms with Gasteiger partial charge in [-0.1, -0.05) is 0 Å². The summed E-state index contributed by atoms with van der Waals surface area (Å²) in [4.78, 5) is 17.4. The van der Waals surface area contributed by atoms with E-state index in [1.54, 1.807) is 6.92 Å². The Morgan fingerprint density at radius 2 is 2.24 bits per heavy atom. The molecule has 0 aliphatic carbocycles. The van der Waals surface area contributed by atoms with E-state index in [4.69, 9.17) is 0 Å². The van der Waals surface area contributed by atoms with E-state index < -0.39 is 0 Å². The fourth-order valence-electron chi connectivity index (χ4n) is 1.82. The Balaban J connectivity index is 2.21. The topological polar surface area (TPSA) is 38.1 Å². The van der Waals surface area contributed by atoms with Gasteiger partial charge in [-0.05, 0) is 25.1 Å². The summed E-state index contributed by atoms with van der Waals surface area (Å²) >= 11 is 0. The second-order valence-electron chi connectivity index (χ2n) is 4.40. The van der Waals surface area contributed by atoms with E-state index in [1.807, 2.05) is 25.0 Å². The highest BCUT2D eigenvalue weighted by molar-refractivity contribution is 5.80. The first-order valence-corrected chi connectivity index (χ1v) is 5.69. The first kappa shape index (κ1) is 11.6. The van der Waals surface area contributed by atoms with Gasteiger partial charge in [-0.15, -0.1) is 0 Å². The van der Waals surface area contributed by atoms with Gasteiger partial charge in [0, 0.05) is 32.7 Å². The predicted octanol–water partition coefficient (Wildman–Crippen LogP) is 1.99. The molecular formula is C13H17N3O. The van der Waals surface area contributed by atoms with Gasteiger partial charge >= 0.3 is 0 Å². The Kier molecular flexibility index (Phi) is 3.13. The average Bonchev–Trinajstić information content (AvgIpc) is 2.67. The molecule has 0 amide bonds. The van der Waals surface area contributed by atoms with Gasteiger partial charge in [0.05, 0.1) is 17.4 Å². The number of ketones is 1. The number of carbonyl (C=O) groups excluding carboxylic acids is 1. The van der Waals surface area contributed by atoms with E-state index in [0.29, 0.717) is 6.42 Å². The lowest BCUT2D eigenvalue weighted by molar-refractivity contribution is -0.116. The maximum atomic E-state index is 11.0. The number of aryl methyl sites for hydroxylation is 1. The number of hydrogen-bond donors (Lipinski definition) is 0. The molecule has 90 valence electrons. The third-order valence-electron chi connectivity index (χ3n) is 2.95. The standard InChI is InChI=1S/C13H17N3O/c1-10(17)6-7-15(2)11-4-5-13-12(8-11)14-9-16(13)3/h4-5,8-9H,6-7H2,1-3H3. The molecule has 0 fully saturated rings. The van der Waals surface area contributed by atoms with Crippen molar-refractivity contribution in [1.29, 1.82) is 0 Å². The average molecular weight is 231 g/mol. The smallest absolute Gasteiger partial charge is 0.131 e. The van der Waals surface area contributed by atoms with E-state index in [2.05, 4.69) is 28.1 Å². The largest absolute Gasteiger partial charge is 0.374 e. The number of carbonyl (C=O) groups is 1. The van der Waals surface area contributed by atoms with Crippen molar-refractivity contribution in [2.24, 2.45) is 7.05 Å². The predicted molar refractivity (Wildman–Crippen MR) is 69.3 cm³/mol. The Labute approximate surface area is 101 Å². The van der Waals surface area contributed by atoms with Crippen molar-refractivity contribution in [2.45, 2.75) is 13.3 Å². The second-order valence-corrected chi connectivity index (χ2v) is 4.40. The molecule has 0 radical (unpaired) electrons. The van der Waals surface area contributed by atoms with Crippen molar-refractivity contribution in [3.05, 3.63) is 24.5 Å². The van der Waals surface area contributed by atoms with Crippen molar-refractivity contribution >= 4 is 22.5 Å². The molecule has 0 saturated heterocycles. The van der Waals surface area contributed by atoms with Crippen molar-refractivity contribution in [3.8, 4) is 0 Å². The van der Waals surface area contributed by atoms with Gasteiger partial charge in [0.1, 0.15) is 5.78 Å². The molecule has 4 nitrogen and oxygen atoms in total. The van der Waals surface area contributed by atoms with Crippen LogP contribution in [0.1, 0.15) is 13.3 Å². The lowest BCUT2D eigenvalue weighted by atomic mass is 10.2. The molecule has 0 saturated carbocycles. The van der Waals surface area contributed by atoms with Gasteiger partial charge in [0.25, 0.3) is 0 Å². The molecule has 1 aromatic carbocycles. The molecule has 1 aromatic heterocycles. The van der Waals surface area contributed by atoms with Gasteiger partial charge in [-0.3, -0.25) is 4.79 Å². The Hall–Kier alpha value is -1.84. The molecule has 0 bridgehead atoms. The molecule has 1 heterocycles. The summed E-state index contributed by atoms with van der Waals surface area (Å²) in [6.07, 6.45) is 2.39. The number of rotatable bonds is 4. The van der Waals surface area contributed by atoms with Crippen LogP contribution in [0.2, 0.25) is 0 Å². The number of anilines is 1. The molecule has 0 unspecified atom stereocenters. The van der Waals surface area contributed by atoms with E-state index in [-0.39, 0.29) is 5.78 Å². The maximum Gasteiger partial charge on any atom is 0.131 e. The lowest BCUT2D eigenvalue weighted by Crippen LogP contribution is -2.20. The zero-order chi connectivity index (χ0) is 12.4. The van der Waals surface area contributed by atoms with Crippen LogP contribution in [0.3, 0.4) is 0 Å². The van der Waals surface area contributed by atoms with Gasteiger partial charge in [0.15, 0.2) is 0 Å². The van der Waals surface area contributed by atoms with E-state index in [1.165, 1.54) is 0 Å². The zero-order valence-electron chi connectivity index (χ0n) is 10.5. The molecule has 0 atom stereocenters. The van der Waals surface area contributed by atoms with Crippen molar-refractivity contribution in [3.63, 3.8) is 0 Å². The van der Waals surface area contributed by atoms with E-state index >= 15 is 0 Å². The summed E-state index contributed by atoms with van der Waals surface area (Å²) in [5.74, 6) is 0.218. The number of benzene rings is 1. The molecule has 0 N–H and O–H groups in total. The molecule has 17 heavy (non-hydrogen) atoms. The summed E-state index contributed by atoms with van der Waals surface area (Å²) in [7, 11) is 3.97. The highest BCUT2D eigenvalue weighted by atomic mass is 16.1. The third-order valence-corrected chi connectivity index (χ3v) is 2.95. The molecule has 2 aromatic rings. The van der Waals surface area contributed by atoms with Gasteiger partial charge < -0.3 is 9.47 Å². The van der Waals surface area contributed by atoms with Crippen LogP contribution in [-0.2, 0) is 11.8 Å². The minimum absolute atomic E-state index is 0.218. The van der Waals surface area contributed by atoms with E-state index in [0.717, 1.165) is 23.3 Å². The molecule has 0 aliphatic rings. The monoisotopic (exact) mass is 231 g/mol. The fourth-order valence-corrected chi connectivity index (χ4v) is 1.82. The van der Waals surface area contributed by atoms with Crippen LogP contribution in [0.4, 0.5) is 5.69 Å². The number of aromatic nitrogens is 2. The van der Waals surface area contributed by atoms with Crippen molar-refractivity contribution in [1.82, 2.24) is 9.55 Å². The summed E-state index contributed by atoms with van der Waals surface area (Å²) < 4.78 is 1.99. The Morgan fingerprint density at radius 3 is 2.94 bits per heavy atom.